The van der Waals surface area contributed by atoms with Crippen LogP contribution in [0.2, 0.25) is 0 Å². The minimum absolute atomic E-state index is 0.00924. The normalized spacial score (nSPS) is 24.5. The maximum Gasteiger partial charge on any atom is 0.404 e. The van der Waals surface area contributed by atoms with Gasteiger partial charge in [-0.1, -0.05) is 0 Å². The molecule has 94 valence electrons. The molecule has 1 aromatic heterocycles. The van der Waals surface area contributed by atoms with E-state index in [1.54, 1.807) is 6.20 Å². The molecule has 0 saturated heterocycles. The molecule has 5 nitrogen and oxygen atoms in total. The molecule has 2 rings (SSSR count). The van der Waals surface area contributed by atoms with Crippen molar-refractivity contribution in [1.29, 1.82) is 0 Å². The van der Waals surface area contributed by atoms with Crippen molar-refractivity contribution in [1.82, 2.24) is 9.55 Å². The van der Waals surface area contributed by atoms with Crippen LogP contribution in [0.15, 0.2) is 17.1 Å². The Bertz CT molecular complexity index is 386. The van der Waals surface area contributed by atoms with Gasteiger partial charge in [0.05, 0.1) is 12.5 Å². The van der Waals surface area contributed by atoms with Crippen LogP contribution in [0, 0.1) is 5.92 Å². The number of primary amides is 1. The number of imidazole rings is 1. The van der Waals surface area contributed by atoms with Gasteiger partial charge in [-0.25, -0.2) is 9.78 Å². The average molecular weight is 302 g/mol. The van der Waals surface area contributed by atoms with Crippen LogP contribution in [-0.2, 0) is 11.3 Å². The number of ether oxygens (including phenoxy) is 1. The van der Waals surface area contributed by atoms with Crippen molar-refractivity contribution in [3.8, 4) is 0 Å². The number of nitrogens with two attached hydrogens (primary N) is 1. The van der Waals surface area contributed by atoms with E-state index in [2.05, 4.69) is 25.5 Å². The summed E-state index contributed by atoms with van der Waals surface area (Å²) in [7, 11) is 0. The molecule has 0 radical (unpaired) electrons. The Morgan fingerprint density at radius 2 is 2.24 bits per heavy atom. The topological polar surface area (TPSA) is 70.1 Å². The zero-order chi connectivity index (χ0) is 12.3. The molecule has 17 heavy (non-hydrogen) atoms. The lowest BCUT2D eigenvalue weighted by atomic mass is 9.87. The predicted molar refractivity (Wildman–Crippen MR) is 66.3 cm³/mol. The van der Waals surface area contributed by atoms with Crippen LogP contribution in [0.1, 0.15) is 25.7 Å². The minimum atomic E-state index is -0.661. The third-order valence-corrected chi connectivity index (χ3v) is 3.85. The highest BCUT2D eigenvalue weighted by molar-refractivity contribution is 9.10. The van der Waals surface area contributed by atoms with Crippen molar-refractivity contribution in [2.45, 2.75) is 38.3 Å². The second kappa shape index (κ2) is 5.53. The van der Waals surface area contributed by atoms with Crippen molar-refractivity contribution in [3.63, 3.8) is 0 Å². The predicted octanol–water partition coefficient (Wildman–Crippen LogP) is 2.30. The summed E-state index contributed by atoms with van der Waals surface area (Å²) in [5, 5.41) is 0. The zero-order valence-electron chi connectivity index (χ0n) is 9.51. The molecule has 1 aliphatic carbocycles. The van der Waals surface area contributed by atoms with E-state index >= 15 is 0 Å². The van der Waals surface area contributed by atoms with Gasteiger partial charge in [-0.15, -0.1) is 0 Å². The third-order valence-electron chi connectivity index (χ3n) is 3.19. The fourth-order valence-corrected chi connectivity index (χ4v) is 2.67. The van der Waals surface area contributed by atoms with Gasteiger partial charge in [0.1, 0.15) is 10.7 Å². The van der Waals surface area contributed by atoms with Gasteiger partial charge in [0, 0.05) is 6.54 Å². The molecular formula is C11H16BrN3O2. The number of carbonyl (C=O) groups excluding carboxylic acids is 1. The number of amides is 1. The molecule has 0 aromatic carbocycles. The van der Waals surface area contributed by atoms with Crippen molar-refractivity contribution < 1.29 is 9.53 Å². The molecule has 6 heteroatoms. The van der Waals surface area contributed by atoms with Crippen LogP contribution in [-0.4, -0.2) is 21.7 Å². The lowest BCUT2D eigenvalue weighted by Crippen LogP contribution is -2.28. The van der Waals surface area contributed by atoms with Crippen LogP contribution in [0.4, 0.5) is 4.79 Å². The van der Waals surface area contributed by atoms with Gasteiger partial charge < -0.3 is 15.0 Å². The molecule has 1 fully saturated rings. The quantitative estimate of drug-likeness (QED) is 0.931. The summed E-state index contributed by atoms with van der Waals surface area (Å²) in [5.74, 6) is 0.619. The first kappa shape index (κ1) is 12.4. The molecule has 1 aliphatic rings. The number of nitrogens with zero attached hydrogens (tertiary/aromatic N) is 2. The van der Waals surface area contributed by atoms with Gasteiger partial charge >= 0.3 is 6.09 Å². The Hall–Kier alpha value is -1.04. The number of rotatable bonds is 3. The molecular weight excluding hydrogens is 286 g/mol. The SMILES string of the molecule is NC(=O)O[C@H]1CC[C@@H](Cn2cncc2Br)CC1. The molecule has 1 saturated carbocycles. The first-order valence-corrected chi connectivity index (χ1v) is 6.56. The molecule has 0 aliphatic heterocycles. The fraction of sp³-hybridized carbons (Fsp3) is 0.636. The molecule has 2 N–H and O–H groups in total. The highest BCUT2D eigenvalue weighted by atomic mass is 79.9. The Labute approximate surface area is 108 Å². The molecule has 0 atom stereocenters. The van der Waals surface area contributed by atoms with E-state index in [0.29, 0.717) is 5.92 Å². The van der Waals surface area contributed by atoms with E-state index in [1.165, 1.54) is 0 Å². The zero-order valence-corrected chi connectivity index (χ0v) is 11.1. The Morgan fingerprint density at radius 1 is 1.53 bits per heavy atom. The summed E-state index contributed by atoms with van der Waals surface area (Å²) in [6.07, 6.45) is 6.89. The average Bonchev–Trinajstić information content (AvgIpc) is 2.67. The van der Waals surface area contributed by atoms with Crippen LogP contribution < -0.4 is 5.73 Å². The number of hydrogen-bond donors (Lipinski definition) is 1. The van der Waals surface area contributed by atoms with Crippen LogP contribution in [0.3, 0.4) is 0 Å². The van der Waals surface area contributed by atoms with Crippen molar-refractivity contribution in [2.24, 2.45) is 11.7 Å². The minimum Gasteiger partial charge on any atom is -0.446 e. The molecule has 1 aromatic rings. The summed E-state index contributed by atoms with van der Waals surface area (Å²) in [6.45, 7) is 0.962. The Morgan fingerprint density at radius 3 is 2.76 bits per heavy atom. The van der Waals surface area contributed by atoms with E-state index in [9.17, 15) is 4.79 Å². The summed E-state index contributed by atoms with van der Waals surface area (Å²) >= 11 is 3.45. The van der Waals surface area contributed by atoms with Crippen molar-refractivity contribution in [2.75, 3.05) is 0 Å². The number of halogens is 1. The van der Waals surface area contributed by atoms with Gasteiger partial charge in [0.25, 0.3) is 0 Å². The van der Waals surface area contributed by atoms with Gasteiger partial charge in [-0.05, 0) is 47.5 Å². The number of hydrogen-bond acceptors (Lipinski definition) is 3. The standard InChI is InChI=1S/C11H16BrN3O2/c12-10-5-14-7-15(10)6-8-1-3-9(4-2-8)17-11(13)16/h5,7-9H,1-4,6H2,(H2,13,16)/t8-,9+. The molecule has 0 bridgehead atoms. The summed E-state index contributed by atoms with van der Waals surface area (Å²) < 4.78 is 8.11. The van der Waals surface area contributed by atoms with Crippen LogP contribution in [0.5, 0.6) is 0 Å². The summed E-state index contributed by atoms with van der Waals surface area (Å²) in [4.78, 5) is 14.7. The van der Waals surface area contributed by atoms with Crippen molar-refractivity contribution >= 4 is 22.0 Å². The van der Waals surface area contributed by atoms with E-state index in [-0.39, 0.29) is 6.10 Å². The maximum atomic E-state index is 10.6. The lowest BCUT2D eigenvalue weighted by molar-refractivity contribution is 0.0686. The van der Waals surface area contributed by atoms with E-state index in [0.717, 1.165) is 36.8 Å². The van der Waals surface area contributed by atoms with E-state index < -0.39 is 6.09 Å². The van der Waals surface area contributed by atoms with Crippen LogP contribution >= 0.6 is 15.9 Å². The van der Waals surface area contributed by atoms with Crippen molar-refractivity contribution in [3.05, 3.63) is 17.1 Å². The highest BCUT2D eigenvalue weighted by Crippen LogP contribution is 2.28. The molecule has 1 heterocycles. The third kappa shape index (κ3) is 3.46. The van der Waals surface area contributed by atoms with E-state index in [1.807, 2.05) is 6.33 Å². The smallest absolute Gasteiger partial charge is 0.404 e. The first-order valence-electron chi connectivity index (χ1n) is 5.77. The van der Waals surface area contributed by atoms with Crippen LogP contribution in [0.25, 0.3) is 0 Å². The monoisotopic (exact) mass is 301 g/mol. The fourth-order valence-electron chi connectivity index (χ4n) is 2.31. The van der Waals surface area contributed by atoms with Gasteiger partial charge in [-0.3, -0.25) is 0 Å². The van der Waals surface area contributed by atoms with E-state index in [4.69, 9.17) is 10.5 Å². The molecule has 1 amide bonds. The number of carbonyl (C=O) groups is 1. The first-order chi connectivity index (χ1) is 8.15. The summed E-state index contributed by atoms with van der Waals surface area (Å²) in [6, 6.07) is 0. The largest absolute Gasteiger partial charge is 0.446 e. The maximum absolute atomic E-state index is 10.6. The molecule has 0 unspecified atom stereocenters. The highest BCUT2D eigenvalue weighted by Gasteiger charge is 2.23. The van der Waals surface area contributed by atoms with Gasteiger partial charge in [0.2, 0.25) is 0 Å². The lowest BCUT2D eigenvalue weighted by Gasteiger charge is -2.28. The number of aromatic nitrogens is 2. The van der Waals surface area contributed by atoms with Gasteiger partial charge in [-0.2, -0.15) is 0 Å². The summed E-state index contributed by atoms with van der Waals surface area (Å²) in [5.41, 5.74) is 5.01. The molecule has 0 spiro atoms. The van der Waals surface area contributed by atoms with Gasteiger partial charge in [0.15, 0.2) is 0 Å². The second-order valence-corrected chi connectivity index (χ2v) is 5.26. The Balaban J connectivity index is 1.79. The second-order valence-electron chi connectivity index (χ2n) is 4.45. The Kier molecular flexibility index (Phi) is 4.04.